The average molecular weight is 276 g/mol. The highest BCUT2D eigenvalue weighted by Crippen LogP contribution is 2.49. The molecule has 1 saturated carbocycles. The molecule has 0 unspecified atom stereocenters. The molecule has 0 aliphatic heterocycles. The number of halogens is 2. The van der Waals surface area contributed by atoms with Gasteiger partial charge in [-0.1, -0.05) is 33.6 Å². The second-order valence-corrected chi connectivity index (χ2v) is 4.78. The lowest BCUT2D eigenvalue weighted by Gasteiger charge is -2.02. The van der Waals surface area contributed by atoms with Crippen LogP contribution in [0.1, 0.15) is 17.9 Å². The van der Waals surface area contributed by atoms with Crippen molar-refractivity contribution in [3.63, 3.8) is 0 Å². The van der Waals surface area contributed by atoms with Gasteiger partial charge in [-0.05, 0) is 30.0 Å². The molecular formula is C10H8BrClO2. The van der Waals surface area contributed by atoms with Gasteiger partial charge in [-0.2, -0.15) is 0 Å². The summed E-state index contributed by atoms with van der Waals surface area (Å²) in [7, 11) is 0. The van der Waals surface area contributed by atoms with E-state index in [1.807, 2.05) is 12.1 Å². The fourth-order valence-corrected chi connectivity index (χ4v) is 2.43. The van der Waals surface area contributed by atoms with E-state index in [0.717, 1.165) is 10.0 Å². The fraction of sp³-hybridized carbons (Fsp3) is 0.300. The maximum atomic E-state index is 10.7. The minimum Gasteiger partial charge on any atom is -0.481 e. The lowest BCUT2D eigenvalue weighted by atomic mass is 10.1. The predicted octanol–water partition coefficient (Wildman–Crippen LogP) is 3.29. The number of benzene rings is 1. The highest BCUT2D eigenvalue weighted by molar-refractivity contribution is 9.10. The van der Waals surface area contributed by atoms with Crippen LogP contribution in [0.15, 0.2) is 22.7 Å². The SMILES string of the molecule is O=C(O)[C@@H]1C[C@H]1c1ccc(Br)cc1Cl. The van der Waals surface area contributed by atoms with Gasteiger partial charge < -0.3 is 5.11 Å². The van der Waals surface area contributed by atoms with E-state index in [2.05, 4.69) is 15.9 Å². The van der Waals surface area contributed by atoms with Crippen molar-refractivity contribution < 1.29 is 9.90 Å². The van der Waals surface area contributed by atoms with Crippen molar-refractivity contribution in [2.24, 2.45) is 5.92 Å². The van der Waals surface area contributed by atoms with E-state index in [4.69, 9.17) is 16.7 Å². The Balaban J connectivity index is 2.23. The van der Waals surface area contributed by atoms with Crippen LogP contribution in [0.3, 0.4) is 0 Å². The van der Waals surface area contributed by atoms with Crippen LogP contribution in [0.5, 0.6) is 0 Å². The van der Waals surface area contributed by atoms with E-state index in [0.29, 0.717) is 11.4 Å². The Kier molecular flexibility index (Phi) is 2.54. The minimum atomic E-state index is -0.728. The highest BCUT2D eigenvalue weighted by Gasteiger charge is 2.44. The first-order valence-electron chi connectivity index (χ1n) is 4.27. The van der Waals surface area contributed by atoms with E-state index >= 15 is 0 Å². The number of rotatable bonds is 2. The third kappa shape index (κ3) is 1.79. The average Bonchev–Trinajstić information content (AvgIpc) is 2.83. The molecule has 2 atom stereocenters. The minimum absolute atomic E-state index is 0.105. The van der Waals surface area contributed by atoms with Gasteiger partial charge in [0, 0.05) is 9.50 Å². The van der Waals surface area contributed by atoms with E-state index in [1.165, 1.54) is 0 Å². The Morgan fingerprint density at radius 2 is 2.29 bits per heavy atom. The zero-order valence-corrected chi connectivity index (χ0v) is 9.55. The monoisotopic (exact) mass is 274 g/mol. The molecule has 0 saturated heterocycles. The molecule has 0 bridgehead atoms. The van der Waals surface area contributed by atoms with Gasteiger partial charge in [0.25, 0.3) is 0 Å². The largest absolute Gasteiger partial charge is 0.481 e. The van der Waals surface area contributed by atoms with Gasteiger partial charge in [0.05, 0.1) is 5.92 Å². The Morgan fingerprint density at radius 1 is 1.57 bits per heavy atom. The highest BCUT2D eigenvalue weighted by atomic mass is 79.9. The zero-order chi connectivity index (χ0) is 10.3. The maximum absolute atomic E-state index is 10.7. The number of carboxylic acid groups (broad SMARTS) is 1. The normalized spacial score (nSPS) is 24.7. The van der Waals surface area contributed by atoms with E-state index in [1.54, 1.807) is 6.07 Å². The first kappa shape index (κ1) is 9.99. The molecule has 1 aliphatic carbocycles. The maximum Gasteiger partial charge on any atom is 0.307 e. The summed E-state index contributed by atoms with van der Waals surface area (Å²) >= 11 is 9.32. The molecule has 1 aromatic carbocycles. The second kappa shape index (κ2) is 3.55. The Hall–Kier alpha value is -0.540. The molecule has 1 N–H and O–H groups in total. The summed E-state index contributed by atoms with van der Waals surface area (Å²) in [5.74, 6) is -0.865. The lowest BCUT2D eigenvalue weighted by molar-refractivity contribution is -0.138. The van der Waals surface area contributed by atoms with Crippen molar-refractivity contribution in [2.45, 2.75) is 12.3 Å². The molecule has 2 rings (SSSR count). The first-order chi connectivity index (χ1) is 6.59. The van der Waals surface area contributed by atoms with Gasteiger partial charge in [-0.25, -0.2) is 0 Å². The molecule has 0 amide bonds. The summed E-state index contributed by atoms with van der Waals surface area (Å²) < 4.78 is 0.916. The number of hydrogen-bond donors (Lipinski definition) is 1. The van der Waals surface area contributed by atoms with Gasteiger partial charge in [0.2, 0.25) is 0 Å². The summed E-state index contributed by atoms with van der Waals surface area (Å²) in [6, 6.07) is 5.58. The molecule has 74 valence electrons. The van der Waals surface area contributed by atoms with Crippen molar-refractivity contribution in [3.8, 4) is 0 Å². The number of aliphatic carboxylic acids is 1. The van der Waals surface area contributed by atoms with Crippen LogP contribution in [0.4, 0.5) is 0 Å². The molecule has 1 aliphatic rings. The van der Waals surface area contributed by atoms with Gasteiger partial charge in [-0.3, -0.25) is 4.79 Å². The van der Waals surface area contributed by atoms with Crippen LogP contribution in [-0.2, 0) is 4.79 Å². The summed E-state index contributed by atoms with van der Waals surface area (Å²) in [4.78, 5) is 10.7. The van der Waals surface area contributed by atoms with Crippen LogP contribution < -0.4 is 0 Å². The molecular weight excluding hydrogens is 267 g/mol. The summed E-state index contributed by atoms with van der Waals surface area (Å²) in [6.07, 6.45) is 0.705. The fourth-order valence-electron chi connectivity index (χ4n) is 1.61. The van der Waals surface area contributed by atoms with Crippen LogP contribution in [0, 0.1) is 5.92 Å². The first-order valence-corrected chi connectivity index (χ1v) is 5.44. The number of hydrogen-bond acceptors (Lipinski definition) is 1. The van der Waals surface area contributed by atoms with Crippen molar-refractivity contribution in [1.29, 1.82) is 0 Å². The van der Waals surface area contributed by atoms with Crippen molar-refractivity contribution in [3.05, 3.63) is 33.3 Å². The quantitative estimate of drug-likeness (QED) is 0.899. The zero-order valence-electron chi connectivity index (χ0n) is 7.21. The Labute approximate surface area is 95.0 Å². The van der Waals surface area contributed by atoms with E-state index < -0.39 is 5.97 Å². The lowest BCUT2D eigenvalue weighted by Crippen LogP contribution is -1.99. The van der Waals surface area contributed by atoms with Crippen LogP contribution in [-0.4, -0.2) is 11.1 Å². The molecule has 0 heterocycles. The van der Waals surface area contributed by atoms with Crippen molar-refractivity contribution in [2.75, 3.05) is 0 Å². The van der Waals surface area contributed by atoms with E-state index in [9.17, 15) is 4.79 Å². The molecule has 14 heavy (non-hydrogen) atoms. The topological polar surface area (TPSA) is 37.3 Å². The molecule has 4 heteroatoms. The smallest absolute Gasteiger partial charge is 0.307 e. The standard InChI is InChI=1S/C10H8BrClO2/c11-5-1-2-6(9(12)3-5)7-4-8(7)10(13)14/h1-3,7-8H,4H2,(H,13,14)/t7-,8+/m0/s1. The summed E-state index contributed by atoms with van der Waals surface area (Å²) in [6.45, 7) is 0. The van der Waals surface area contributed by atoms with Gasteiger partial charge in [-0.15, -0.1) is 0 Å². The molecule has 2 nitrogen and oxygen atoms in total. The molecule has 0 radical (unpaired) electrons. The Bertz CT molecular complexity index is 392. The molecule has 1 aromatic rings. The third-order valence-corrected chi connectivity index (χ3v) is 3.29. The van der Waals surface area contributed by atoms with Gasteiger partial charge in [0.1, 0.15) is 0 Å². The third-order valence-electron chi connectivity index (χ3n) is 2.47. The summed E-state index contributed by atoms with van der Waals surface area (Å²) in [5, 5.41) is 9.42. The number of carbonyl (C=O) groups is 1. The molecule has 0 aromatic heterocycles. The van der Waals surface area contributed by atoms with Gasteiger partial charge >= 0.3 is 5.97 Å². The van der Waals surface area contributed by atoms with E-state index in [-0.39, 0.29) is 11.8 Å². The van der Waals surface area contributed by atoms with Crippen molar-refractivity contribution in [1.82, 2.24) is 0 Å². The van der Waals surface area contributed by atoms with Crippen LogP contribution in [0.25, 0.3) is 0 Å². The predicted molar refractivity (Wildman–Crippen MR) is 57.6 cm³/mol. The molecule has 1 fully saturated rings. The Morgan fingerprint density at radius 3 is 2.79 bits per heavy atom. The van der Waals surface area contributed by atoms with Gasteiger partial charge in [0.15, 0.2) is 0 Å². The summed E-state index contributed by atoms with van der Waals surface area (Å²) in [5.41, 5.74) is 0.947. The number of carboxylic acids is 1. The van der Waals surface area contributed by atoms with Crippen molar-refractivity contribution >= 4 is 33.5 Å². The van der Waals surface area contributed by atoms with Crippen LogP contribution in [0.2, 0.25) is 5.02 Å². The molecule has 0 spiro atoms. The second-order valence-electron chi connectivity index (χ2n) is 3.45. The van der Waals surface area contributed by atoms with Crippen LogP contribution >= 0.6 is 27.5 Å².